The quantitative estimate of drug-likeness (QED) is 0.462. The summed E-state index contributed by atoms with van der Waals surface area (Å²) in [6, 6.07) is 0. The van der Waals surface area contributed by atoms with Crippen LogP contribution in [0.5, 0.6) is 0 Å². The van der Waals surface area contributed by atoms with Gasteiger partial charge in [0.2, 0.25) is 0 Å². The zero-order valence-corrected chi connectivity index (χ0v) is 6.83. The van der Waals surface area contributed by atoms with Gasteiger partial charge in [-0.2, -0.15) is 0 Å². The maximum absolute atomic E-state index is 4.90. The number of halogens is 2. The van der Waals surface area contributed by atoms with Crippen LogP contribution in [0.1, 0.15) is 6.42 Å². The molecule has 7 heavy (non-hydrogen) atoms. The molecule has 0 aromatic carbocycles. The highest BCUT2D eigenvalue weighted by atomic mass is 35.6. The molecule has 1 aliphatic rings. The van der Waals surface area contributed by atoms with E-state index < -0.39 is 18.2 Å². The Morgan fingerprint density at radius 3 is 1.57 bits per heavy atom. The van der Waals surface area contributed by atoms with Crippen molar-refractivity contribution in [2.75, 3.05) is 0 Å². The van der Waals surface area contributed by atoms with E-state index in [4.69, 9.17) is 18.1 Å². The lowest BCUT2D eigenvalue weighted by Crippen LogP contribution is -1.73. The van der Waals surface area contributed by atoms with Gasteiger partial charge in [-0.25, -0.2) is 0 Å². The third-order valence-electron chi connectivity index (χ3n) is 0.544. The van der Waals surface area contributed by atoms with Crippen LogP contribution in [0.3, 0.4) is 0 Å². The predicted octanol–water partition coefficient (Wildman–Crippen LogP) is 2.15. The van der Waals surface area contributed by atoms with Crippen LogP contribution in [-0.2, 0) is 0 Å². The second-order valence-electron chi connectivity index (χ2n) is 1.00. The van der Waals surface area contributed by atoms with Gasteiger partial charge in [0.25, 0.3) is 0 Å². The molecular weight excluding hydrogens is 143 g/mol. The molecule has 0 amide bonds. The van der Waals surface area contributed by atoms with Gasteiger partial charge < -0.3 is 18.1 Å². The van der Waals surface area contributed by atoms with Crippen molar-refractivity contribution in [1.82, 2.24) is 0 Å². The lowest BCUT2D eigenvalue weighted by atomic mass is 10.1. The average Bonchev–Trinajstić information content (AvgIpc) is 1.27. The molecule has 0 saturated carbocycles. The standard InChI is InChI=1S/C4H5.2ClH.Mg/c1-2-4-3-1;;;/h1-3H,4H2;2*1H;/q;;;+2/p-2. The van der Waals surface area contributed by atoms with Crippen molar-refractivity contribution in [3.8, 4) is 0 Å². The molecule has 0 aromatic heterocycles. The topological polar surface area (TPSA) is 0 Å². The molecule has 0 aromatic rings. The summed E-state index contributed by atoms with van der Waals surface area (Å²) in [4.78, 5) is 0. The van der Waals surface area contributed by atoms with Crippen molar-refractivity contribution in [3.63, 3.8) is 0 Å². The zero-order valence-electron chi connectivity index (χ0n) is 3.90. The molecule has 0 N–H and O–H groups in total. The lowest BCUT2D eigenvalue weighted by molar-refractivity contribution is 1.20. The Balaban J connectivity index is 0.000000110. The van der Waals surface area contributed by atoms with Crippen LogP contribution in [0, 0.1) is 6.42 Å². The molecular formula is C4H5Cl2Mg. The Morgan fingerprint density at radius 2 is 1.57 bits per heavy atom. The predicted molar refractivity (Wildman–Crippen MR) is 35.5 cm³/mol. The summed E-state index contributed by atoms with van der Waals surface area (Å²) >= 11 is -0.639. The molecule has 0 spiro atoms. The first-order valence-electron chi connectivity index (χ1n) is 2.02. The van der Waals surface area contributed by atoms with E-state index in [9.17, 15) is 0 Å². The van der Waals surface area contributed by atoms with Gasteiger partial charge in [-0.1, -0.05) is 12.2 Å². The number of hydrogen-bond acceptors (Lipinski definition) is 0. The highest BCUT2D eigenvalue weighted by molar-refractivity contribution is 7.22. The number of allylic oxidation sites excluding steroid dienone is 2. The molecule has 0 heterocycles. The summed E-state index contributed by atoms with van der Waals surface area (Å²) < 4.78 is 0. The van der Waals surface area contributed by atoms with Crippen LogP contribution in [0.15, 0.2) is 12.2 Å². The summed E-state index contributed by atoms with van der Waals surface area (Å²) in [7, 11) is 9.81. The zero-order chi connectivity index (χ0) is 5.54. The van der Waals surface area contributed by atoms with Crippen LogP contribution in [0.25, 0.3) is 0 Å². The van der Waals surface area contributed by atoms with Crippen molar-refractivity contribution < 1.29 is 0 Å². The van der Waals surface area contributed by atoms with Crippen LogP contribution in [0.4, 0.5) is 0 Å². The minimum atomic E-state index is -0.639. The molecule has 0 aliphatic heterocycles. The fourth-order valence-corrected chi connectivity index (χ4v) is 0.136. The Morgan fingerprint density at radius 1 is 1.43 bits per heavy atom. The fourth-order valence-electron chi connectivity index (χ4n) is 0.136. The van der Waals surface area contributed by atoms with Crippen molar-refractivity contribution in [3.05, 3.63) is 18.6 Å². The van der Waals surface area contributed by atoms with Gasteiger partial charge in [-0.15, -0.1) is 0 Å². The van der Waals surface area contributed by atoms with E-state index in [0.29, 0.717) is 0 Å². The third-order valence-corrected chi connectivity index (χ3v) is 0.544. The van der Waals surface area contributed by atoms with Gasteiger partial charge >= 0.3 is 18.2 Å². The van der Waals surface area contributed by atoms with Crippen LogP contribution in [0.2, 0.25) is 0 Å². The molecule has 0 atom stereocenters. The summed E-state index contributed by atoms with van der Waals surface area (Å²) in [6.07, 6.45) is 7.50. The van der Waals surface area contributed by atoms with E-state index in [0.717, 1.165) is 0 Å². The monoisotopic (exact) mass is 147 g/mol. The summed E-state index contributed by atoms with van der Waals surface area (Å²) in [5.41, 5.74) is 0. The molecule has 3 heteroatoms. The summed E-state index contributed by atoms with van der Waals surface area (Å²) in [5.74, 6) is 0. The van der Waals surface area contributed by atoms with Crippen molar-refractivity contribution >= 4 is 36.3 Å². The maximum Gasteiger partial charge on any atom is 0.618 e. The Bertz CT molecular complexity index is 47.7. The van der Waals surface area contributed by atoms with Gasteiger partial charge in [-0.05, 0) is 12.8 Å². The SMILES string of the molecule is [CH]1C=CC1.[Cl][Mg][Cl]. The summed E-state index contributed by atoms with van der Waals surface area (Å²) in [6.45, 7) is 0. The van der Waals surface area contributed by atoms with Crippen LogP contribution in [-0.4, -0.2) is 18.2 Å². The first kappa shape index (κ1) is 8.09. The Kier molecular flexibility index (Phi) is 8.19. The van der Waals surface area contributed by atoms with E-state index in [1.54, 1.807) is 0 Å². The average molecular weight is 148 g/mol. The van der Waals surface area contributed by atoms with Crippen LogP contribution < -0.4 is 0 Å². The lowest BCUT2D eigenvalue weighted by Gasteiger charge is -1.91. The molecule has 0 bridgehead atoms. The van der Waals surface area contributed by atoms with Gasteiger partial charge in [0, 0.05) is 0 Å². The molecule has 1 radical (unpaired) electrons. The Hall–Kier alpha value is 1.09. The molecule has 1 aliphatic carbocycles. The molecule has 1 rings (SSSR count). The maximum atomic E-state index is 4.90. The largest absolute Gasteiger partial charge is 0.618 e. The van der Waals surface area contributed by atoms with Gasteiger partial charge in [0.1, 0.15) is 0 Å². The van der Waals surface area contributed by atoms with Gasteiger partial charge in [-0.3, -0.25) is 0 Å². The Labute approximate surface area is 61.2 Å². The first-order chi connectivity index (χ1) is 3.41. The first-order valence-corrected chi connectivity index (χ1v) is 6.29. The minimum Gasteiger partial charge on any atom is -0.309 e. The van der Waals surface area contributed by atoms with Crippen molar-refractivity contribution in [2.45, 2.75) is 6.42 Å². The highest BCUT2D eigenvalue weighted by Crippen LogP contribution is 2.00. The van der Waals surface area contributed by atoms with E-state index >= 15 is 0 Å². The van der Waals surface area contributed by atoms with Gasteiger partial charge in [0.15, 0.2) is 0 Å². The number of rotatable bonds is 0. The molecule has 0 unspecified atom stereocenters. The second-order valence-corrected chi connectivity index (χ2v) is 3.63. The van der Waals surface area contributed by atoms with E-state index in [1.807, 2.05) is 0 Å². The minimum absolute atomic E-state index is 0.639. The third kappa shape index (κ3) is 7.09. The highest BCUT2D eigenvalue weighted by Gasteiger charge is 1.82. The van der Waals surface area contributed by atoms with Crippen molar-refractivity contribution in [2.24, 2.45) is 0 Å². The van der Waals surface area contributed by atoms with Gasteiger partial charge in [0.05, 0.1) is 0 Å². The fraction of sp³-hybridized carbons (Fsp3) is 0.250. The summed E-state index contributed by atoms with van der Waals surface area (Å²) in [5, 5.41) is 0. The second kappa shape index (κ2) is 7.09. The van der Waals surface area contributed by atoms with Crippen molar-refractivity contribution in [1.29, 1.82) is 0 Å². The molecule has 0 fully saturated rings. The molecule has 37 valence electrons. The normalized spacial score (nSPS) is 12.9. The van der Waals surface area contributed by atoms with Crippen LogP contribution >= 0.6 is 18.1 Å². The number of hydrogen-bond donors (Lipinski definition) is 0. The smallest absolute Gasteiger partial charge is 0.309 e. The van der Waals surface area contributed by atoms with E-state index in [-0.39, 0.29) is 0 Å². The molecule has 0 saturated heterocycles. The van der Waals surface area contributed by atoms with E-state index in [2.05, 4.69) is 18.6 Å². The molecule has 0 nitrogen and oxygen atoms in total. The van der Waals surface area contributed by atoms with E-state index in [1.165, 1.54) is 6.42 Å².